The molecule has 0 nitrogen and oxygen atoms in total. The highest BCUT2D eigenvalue weighted by Gasteiger charge is 2.13. The van der Waals surface area contributed by atoms with E-state index >= 15 is 0 Å². The van der Waals surface area contributed by atoms with Gasteiger partial charge in [0.05, 0.1) is 0 Å². The molecule has 0 bridgehead atoms. The van der Waals surface area contributed by atoms with Gasteiger partial charge in [-0.15, -0.1) is 8.58 Å². The number of hydrogen-bond donors (Lipinski definition) is 0. The highest BCUT2D eigenvalue weighted by Crippen LogP contribution is 2.27. The molecule has 0 aliphatic heterocycles. The molecule has 1 aromatic carbocycles. The molecule has 216 valence electrons. The normalized spacial score (nSPS) is 11.8. The Hall–Kier alpha value is -0.350. The maximum Gasteiger partial charge on any atom is -0.0273 e. The average molecular weight is 531 g/mol. The molecular formula is C36H67P. The van der Waals surface area contributed by atoms with Crippen LogP contribution in [0.5, 0.6) is 0 Å². The minimum absolute atomic E-state index is 1.24. The molecule has 0 fully saturated rings. The minimum Gasteiger partial charge on any atom is -0.122 e. The van der Waals surface area contributed by atoms with E-state index in [4.69, 9.17) is 0 Å². The van der Waals surface area contributed by atoms with Crippen molar-refractivity contribution < 1.29 is 0 Å². The van der Waals surface area contributed by atoms with E-state index in [0.717, 1.165) is 0 Å². The van der Waals surface area contributed by atoms with Gasteiger partial charge in [-0.2, -0.15) is 0 Å². The first kappa shape index (κ1) is 34.7. The monoisotopic (exact) mass is 530 g/mol. The summed E-state index contributed by atoms with van der Waals surface area (Å²) >= 11 is 0. The largest absolute Gasteiger partial charge is 0.122 e. The van der Waals surface area contributed by atoms with E-state index in [2.05, 4.69) is 39.8 Å². The van der Waals surface area contributed by atoms with Crippen LogP contribution < -0.4 is 0 Å². The predicted octanol–water partition coefficient (Wildman–Crippen LogP) is 12.4. The van der Waals surface area contributed by atoms with Gasteiger partial charge in [0.2, 0.25) is 0 Å². The molecule has 0 saturated carbocycles. The van der Waals surface area contributed by atoms with Crippen molar-refractivity contribution in [2.75, 3.05) is 12.3 Å². The molecule has 1 atom stereocenters. The summed E-state index contributed by atoms with van der Waals surface area (Å²) in [5, 5.41) is 0. The Balaban J connectivity index is 2.24. The van der Waals surface area contributed by atoms with Gasteiger partial charge in [0.1, 0.15) is 0 Å². The van der Waals surface area contributed by atoms with Gasteiger partial charge in [-0.05, 0) is 98.8 Å². The number of aryl methyl sites for hydroxylation is 2. The van der Waals surface area contributed by atoms with Crippen LogP contribution in [0.2, 0.25) is 0 Å². The van der Waals surface area contributed by atoms with Gasteiger partial charge < -0.3 is 0 Å². The first-order chi connectivity index (χ1) is 18.3. The van der Waals surface area contributed by atoms with Crippen molar-refractivity contribution in [1.82, 2.24) is 0 Å². The van der Waals surface area contributed by atoms with Crippen molar-refractivity contribution in [2.24, 2.45) is 0 Å². The smallest absolute Gasteiger partial charge is 0.0273 e. The van der Waals surface area contributed by atoms with Crippen LogP contribution in [-0.2, 0) is 25.7 Å². The van der Waals surface area contributed by atoms with Crippen LogP contribution in [0, 0.1) is 0 Å². The summed E-state index contributed by atoms with van der Waals surface area (Å²) in [5.41, 5.74) is 6.89. The maximum atomic E-state index is 2.53. The standard InChI is InChI=1S/C36H67P/c1-5-9-13-14-20-23-31-37-32-24-21-18-16-15-17-19-22-26-34-30-29-33(25-10-6-2)35(27-11-7-3)36(34)28-12-8-4/h29-30,37H,5-28,31-32H2,1-4H3. The molecule has 0 spiro atoms. The Morgan fingerprint density at radius 2 is 0.730 bits per heavy atom. The van der Waals surface area contributed by atoms with Crippen molar-refractivity contribution in [3.63, 3.8) is 0 Å². The van der Waals surface area contributed by atoms with E-state index in [1.165, 1.54) is 175 Å². The lowest BCUT2D eigenvalue weighted by Crippen LogP contribution is -2.06. The fraction of sp³-hybridized carbons (Fsp3) is 0.833. The van der Waals surface area contributed by atoms with Gasteiger partial charge in [-0.25, -0.2) is 0 Å². The van der Waals surface area contributed by atoms with Crippen molar-refractivity contribution >= 4 is 8.58 Å². The molecule has 1 unspecified atom stereocenters. The molecule has 0 aliphatic rings. The SMILES string of the molecule is CCCCCCCCPCCCCCCCCCCc1ccc(CCCC)c(CCCC)c1CCCC. The number of hydrogen-bond acceptors (Lipinski definition) is 0. The summed E-state index contributed by atoms with van der Waals surface area (Å²) in [6, 6.07) is 5.04. The third-order valence-corrected chi connectivity index (χ3v) is 9.66. The van der Waals surface area contributed by atoms with Gasteiger partial charge in [0, 0.05) is 0 Å². The Kier molecular flexibility index (Phi) is 24.3. The van der Waals surface area contributed by atoms with Gasteiger partial charge in [0.25, 0.3) is 0 Å². The van der Waals surface area contributed by atoms with Gasteiger partial charge >= 0.3 is 0 Å². The number of unbranched alkanes of at least 4 members (excludes halogenated alkanes) is 15. The maximum absolute atomic E-state index is 2.53. The van der Waals surface area contributed by atoms with Crippen LogP contribution in [0.1, 0.15) is 178 Å². The van der Waals surface area contributed by atoms with E-state index in [1.807, 2.05) is 0 Å². The molecule has 0 radical (unpaired) electrons. The molecule has 0 aromatic heterocycles. The highest BCUT2D eigenvalue weighted by atomic mass is 31.1. The molecule has 1 aromatic rings. The third-order valence-electron chi connectivity index (χ3n) is 8.24. The second kappa shape index (κ2) is 25.9. The third kappa shape index (κ3) is 17.8. The summed E-state index contributed by atoms with van der Waals surface area (Å²) in [7, 11) is 1.24. The van der Waals surface area contributed by atoms with Crippen LogP contribution in [-0.4, -0.2) is 12.3 Å². The van der Waals surface area contributed by atoms with E-state index in [1.54, 1.807) is 22.3 Å². The Labute approximate surface area is 236 Å². The van der Waals surface area contributed by atoms with E-state index in [-0.39, 0.29) is 0 Å². The molecule has 0 saturated heterocycles. The van der Waals surface area contributed by atoms with Gasteiger partial charge in [0.15, 0.2) is 0 Å². The number of benzene rings is 1. The first-order valence-corrected chi connectivity index (χ1v) is 18.5. The Bertz CT molecular complexity index is 619. The van der Waals surface area contributed by atoms with Crippen molar-refractivity contribution in [3.05, 3.63) is 34.4 Å². The van der Waals surface area contributed by atoms with Crippen molar-refractivity contribution in [1.29, 1.82) is 0 Å². The predicted molar refractivity (Wildman–Crippen MR) is 174 cm³/mol. The highest BCUT2D eigenvalue weighted by molar-refractivity contribution is 7.37. The average Bonchev–Trinajstić information content (AvgIpc) is 2.91. The summed E-state index contributed by atoms with van der Waals surface area (Å²) in [4.78, 5) is 0. The molecule has 0 N–H and O–H groups in total. The van der Waals surface area contributed by atoms with E-state index < -0.39 is 0 Å². The Morgan fingerprint density at radius 3 is 1.19 bits per heavy atom. The molecule has 0 aliphatic carbocycles. The van der Waals surface area contributed by atoms with Crippen LogP contribution >= 0.6 is 8.58 Å². The summed E-state index contributed by atoms with van der Waals surface area (Å²) in [6.45, 7) is 9.34. The van der Waals surface area contributed by atoms with Crippen LogP contribution in [0.15, 0.2) is 12.1 Å². The lowest BCUT2D eigenvalue weighted by atomic mass is 9.86. The second-order valence-corrected chi connectivity index (χ2v) is 13.2. The minimum atomic E-state index is 1.24. The zero-order chi connectivity index (χ0) is 26.8. The topological polar surface area (TPSA) is 0 Å². The van der Waals surface area contributed by atoms with Crippen molar-refractivity contribution in [2.45, 2.75) is 182 Å². The molecule has 0 heterocycles. The zero-order valence-electron chi connectivity index (χ0n) is 26.0. The number of rotatable bonds is 27. The van der Waals surface area contributed by atoms with E-state index in [9.17, 15) is 0 Å². The quantitative estimate of drug-likeness (QED) is 0.0783. The lowest BCUT2D eigenvalue weighted by Gasteiger charge is -2.19. The van der Waals surface area contributed by atoms with Crippen LogP contribution in [0.25, 0.3) is 0 Å². The Morgan fingerprint density at radius 1 is 0.378 bits per heavy atom. The summed E-state index contributed by atoms with van der Waals surface area (Å²) in [6.07, 6.45) is 36.5. The summed E-state index contributed by atoms with van der Waals surface area (Å²) < 4.78 is 0. The zero-order valence-corrected chi connectivity index (χ0v) is 27.0. The molecular weight excluding hydrogens is 463 g/mol. The van der Waals surface area contributed by atoms with Gasteiger partial charge in [-0.1, -0.05) is 130 Å². The molecule has 1 rings (SSSR count). The van der Waals surface area contributed by atoms with Crippen molar-refractivity contribution in [3.8, 4) is 0 Å². The molecule has 0 amide bonds. The molecule has 37 heavy (non-hydrogen) atoms. The fourth-order valence-corrected chi connectivity index (χ4v) is 6.99. The second-order valence-electron chi connectivity index (χ2n) is 11.7. The molecule has 1 heteroatoms. The van der Waals surface area contributed by atoms with E-state index in [0.29, 0.717) is 0 Å². The lowest BCUT2D eigenvalue weighted by molar-refractivity contribution is 0.575. The van der Waals surface area contributed by atoms with Crippen LogP contribution in [0.4, 0.5) is 0 Å². The summed E-state index contributed by atoms with van der Waals surface area (Å²) in [5.74, 6) is 0. The first-order valence-electron chi connectivity index (χ1n) is 17.1. The van der Waals surface area contributed by atoms with Gasteiger partial charge in [-0.3, -0.25) is 0 Å². The fourth-order valence-electron chi connectivity index (χ4n) is 5.74. The van der Waals surface area contributed by atoms with Crippen LogP contribution in [0.3, 0.4) is 0 Å².